The van der Waals surface area contributed by atoms with Gasteiger partial charge in [-0.3, -0.25) is 4.79 Å². The summed E-state index contributed by atoms with van der Waals surface area (Å²) in [5, 5.41) is 0. The van der Waals surface area contributed by atoms with Crippen LogP contribution < -0.4 is 0 Å². The summed E-state index contributed by atoms with van der Waals surface area (Å²) < 4.78 is 9.99. The maximum atomic E-state index is 11.0. The summed E-state index contributed by atoms with van der Waals surface area (Å²) >= 11 is 0. The molecule has 1 unspecified atom stereocenters. The molecule has 0 saturated carbocycles. The fourth-order valence-corrected chi connectivity index (χ4v) is 1.62. The van der Waals surface area contributed by atoms with E-state index in [0.717, 1.165) is 18.4 Å². The van der Waals surface area contributed by atoms with Gasteiger partial charge in [-0.25, -0.2) is 0 Å². The molecule has 1 rings (SSSR count). The van der Waals surface area contributed by atoms with Crippen LogP contribution in [0.4, 0.5) is 0 Å². The lowest BCUT2D eigenvalue weighted by atomic mass is 10.0. The maximum Gasteiger partial charge on any atom is 0.305 e. The van der Waals surface area contributed by atoms with Gasteiger partial charge in [-0.2, -0.15) is 0 Å². The second-order valence-corrected chi connectivity index (χ2v) is 3.60. The zero-order chi connectivity index (χ0) is 11.8. The number of ether oxygens (including phenoxy) is 2. The Labute approximate surface area is 96.4 Å². The fourth-order valence-electron chi connectivity index (χ4n) is 1.62. The summed E-state index contributed by atoms with van der Waals surface area (Å²) in [6.45, 7) is 0. The lowest BCUT2D eigenvalue weighted by Gasteiger charge is -2.15. The molecule has 1 aromatic carbocycles. The molecule has 3 nitrogen and oxygen atoms in total. The van der Waals surface area contributed by atoms with E-state index in [1.807, 2.05) is 30.3 Å². The van der Waals surface area contributed by atoms with Crippen molar-refractivity contribution in [1.82, 2.24) is 0 Å². The highest BCUT2D eigenvalue weighted by Crippen LogP contribution is 2.22. The fraction of sp³-hybridized carbons (Fsp3) is 0.462. The van der Waals surface area contributed by atoms with Crippen molar-refractivity contribution in [2.75, 3.05) is 14.2 Å². The third-order valence-electron chi connectivity index (χ3n) is 2.53. The predicted octanol–water partition coefficient (Wildman–Crippen LogP) is 2.72. The van der Waals surface area contributed by atoms with Crippen molar-refractivity contribution in [3.63, 3.8) is 0 Å². The molecule has 0 fully saturated rings. The normalized spacial score (nSPS) is 12.1. The highest BCUT2D eigenvalue weighted by molar-refractivity contribution is 5.68. The Morgan fingerprint density at radius 3 is 2.50 bits per heavy atom. The van der Waals surface area contributed by atoms with Crippen LogP contribution in [0.25, 0.3) is 0 Å². The molecule has 1 atom stereocenters. The molecule has 0 aliphatic carbocycles. The Kier molecular flexibility index (Phi) is 5.57. The van der Waals surface area contributed by atoms with Crippen molar-refractivity contribution < 1.29 is 14.3 Å². The Balaban J connectivity index is 2.41. The van der Waals surface area contributed by atoms with Crippen LogP contribution in [0.3, 0.4) is 0 Å². The van der Waals surface area contributed by atoms with Gasteiger partial charge in [-0.15, -0.1) is 0 Å². The summed E-state index contributed by atoms with van der Waals surface area (Å²) in [7, 11) is 3.10. The first kappa shape index (κ1) is 12.7. The molecule has 16 heavy (non-hydrogen) atoms. The highest BCUT2D eigenvalue weighted by Gasteiger charge is 2.10. The Bertz CT molecular complexity index is 308. The number of carbonyl (C=O) groups excluding carboxylic acids is 1. The molecule has 0 heterocycles. The van der Waals surface area contributed by atoms with Crippen LogP contribution in [-0.2, 0) is 14.3 Å². The molecule has 0 amide bonds. The largest absolute Gasteiger partial charge is 0.469 e. The topological polar surface area (TPSA) is 35.5 Å². The van der Waals surface area contributed by atoms with Crippen LogP contribution in [0.15, 0.2) is 30.3 Å². The lowest BCUT2D eigenvalue weighted by molar-refractivity contribution is -0.140. The van der Waals surface area contributed by atoms with E-state index < -0.39 is 0 Å². The number of rotatable bonds is 6. The molecule has 0 radical (unpaired) electrons. The van der Waals surface area contributed by atoms with Crippen LogP contribution in [0.1, 0.15) is 30.9 Å². The summed E-state index contributed by atoms with van der Waals surface area (Å²) in [5.41, 5.74) is 1.15. The average Bonchev–Trinajstić information content (AvgIpc) is 2.35. The zero-order valence-corrected chi connectivity index (χ0v) is 9.81. The minimum Gasteiger partial charge on any atom is -0.469 e. The first-order valence-corrected chi connectivity index (χ1v) is 5.42. The van der Waals surface area contributed by atoms with E-state index in [1.165, 1.54) is 7.11 Å². The van der Waals surface area contributed by atoms with Gasteiger partial charge < -0.3 is 9.47 Å². The van der Waals surface area contributed by atoms with Crippen LogP contribution >= 0.6 is 0 Å². The van der Waals surface area contributed by atoms with Gasteiger partial charge in [0.2, 0.25) is 0 Å². The van der Waals surface area contributed by atoms with Crippen LogP contribution in [-0.4, -0.2) is 20.2 Å². The van der Waals surface area contributed by atoms with E-state index in [4.69, 9.17) is 4.74 Å². The van der Waals surface area contributed by atoms with E-state index in [2.05, 4.69) is 4.74 Å². The first-order chi connectivity index (χ1) is 7.77. The van der Waals surface area contributed by atoms with Crippen molar-refractivity contribution >= 4 is 5.97 Å². The molecular formula is C13H18O3. The zero-order valence-electron chi connectivity index (χ0n) is 9.81. The third-order valence-corrected chi connectivity index (χ3v) is 2.53. The van der Waals surface area contributed by atoms with Crippen molar-refractivity contribution in [1.29, 1.82) is 0 Å². The smallest absolute Gasteiger partial charge is 0.305 e. The highest BCUT2D eigenvalue weighted by atomic mass is 16.5. The molecule has 3 heteroatoms. The van der Waals surface area contributed by atoms with Gasteiger partial charge in [0, 0.05) is 13.5 Å². The van der Waals surface area contributed by atoms with Gasteiger partial charge in [-0.05, 0) is 18.4 Å². The van der Waals surface area contributed by atoms with Gasteiger partial charge in [0.1, 0.15) is 0 Å². The second kappa shape index (κ2) is 7.01. The summed E-state index contributed by atoms with van der Waals surface area (Å²) in [6, 6.07) is 10.0. The first-order valence-electron chi connectivity index (χ1n) is 5.42. The second-order valence-electron chi connectivity index (χ2n) is 3.60. The third kappa shape index (κ3) is 4.03. The summed E-state index contributed by atoms with van der Waals surface area (Å²) in [6.07, 6.45) is 2.12. The number of esters is 1. The predicted molar refractivity (Wildman–Crippen MR) is 62.1 cm³/mol. The Morgan fingerprint density at radius 2 is 1.94 bits per heavy atom. The molecule has 0 bridgehead atoms. The molecule has 88 valence electrons. The molecule has 0 N–H and O–H groups in total. The SMILES string of the molecule is COC(=O)CCCC(OC)c1ccccc1. The van der Waals surface area contributed by atoms with Crippen molar-refractivity contribution in [2.24, 2.45) is 0 Å². The number of hydrogen-bond acceptors (Lipinski definition) is 3. The van der Waals surface area contributed by atoms with Crippen LogP contribution in [0.5, 0.6) is 0 Å². The number of carbonyl (C=O) groups is 1. The van der Waals surface area contributed by atoms with Gasteiger partial charge in [0.15, 0.2) is 0 Å². The lowest BCUT2D eigenvalue weighted by Crippen LogP contribution is -2.04. The molecular weight excluding hydrogens is 204 g/mol. The van der Waals surface area contributed by atoms with Gasteiger partial charge >= 0.3 is 5.97 Å². The summed E-state index contributed by atoms with van der Waals surface area (Å²) in [4.78, 5) is 11.0. The van der Waals surface area contributed by atoms with Gasteiger partial charge in [-0.1, -0.05) is 30.3 Å². The van der Waals surface area contributed by atoms with Crippen molar-refractivity contribution in [3.8, 4) is 0 Å². The van der Waals surface area contributed by atoms with E-state index in [1.54, 1.807) is 7.11 Å². The van der Waals surface area contributed by atoms with E-state index in [-0.39, 0.29) is 12.1 Å². The van der Waals surface area contributed by atoms with Crippen LogP contribution in [0, 0.1) is 0 Å². The van der Waals surface area contributed by atoms with Gasteiger partial charge in [0.05, 0.1) is 13.2 Å². The van der Waals surface area contributed by atoms with E-state index in [9.17, 15) is 4.79 Å². The van der Waals surface area contributed by atoms with E-state index in [0.29, 0.717) is 6.42 Å². The maximum absolute atomic E-state index is 11.0. The molecule has 1 aromatic rings. The van der Waals surface area contributed by atoms with Crippen LogP contribution in [0.2, 0.25) is 0 Å². The Morgan fingerprint density at radius 1 is 1.25 bits per heavy atom. The molecule has 0 saturated heterocycles. The summed E-state index contributed by atoms with van der Waals surface area (Å²) in [5.74, 6) is -0.164. The minimum atomic E-state index is -0.164. The minimum absolute atomic E-state index is 0.0610. The standard InChI is InChI=1S/C13H18O3/c1-15-12(9-6-10-13(14)16-2)11-7-4-3-5-8-11/h3-5,7-8,12H,6,9-10H2,1-2H3. The molecule has 0 spiro atoms. The molecule has 0 aliphatic rings. The van der Waals surface area contributed by atoms with E-state index >= 15 is 0 Å². The Hall–Kier alpha value is -1.35. The number of methoxy groups -OCH3 is 2. The van der Waals surface area contributed by atoms with Crippen molar-refractivity contribution in [2.45, 2.75) is 25.4 Å². The average molecular weight is 222 g/mol. The molecule has 0 aromatic heterocycles. The monoisotopic (exact) mass is 222 g/mol. The van der Waals surface area contributed by atoms with Crippen molar-refractivity contribution in [3.05, 3.63) is 35.9 Å². The van der Waals surface area contributed by atoms with Gasteiger partial charge in [0.25, 0.3) is 0 Å². The number of benzene rings is 1. The quantitative estimate of drug-likeness (QED) is 0.694. The molecule has 0 aliphatic heterocycles. The number of hydrogen-bond donors (Lipinski definition) is 0.